The molecule has 0 aromatic carbocycles. The smallest absolute Gasteiger partial charge is 0.219 e. The highest BCUT2D eigenvalue weighted by Gasteiger charge is 2.03. The van der Waals surface area contributed by atoms with Gasteiger partial charge in [0, 0.05) is 20.5 Å². The number of alkyl halides is 1. The van der Waals surface area contributed by atoms with E-state index in [1.807, 2.05) is 0 Å². The lowest BCUT2D eigenvalue weighted by molar-refractivity contribution is -0.127. The molecule has 1 amide bonds. The summed E-state index contributed by atoms with van der Waals surface area (Å²) in [7, 11) is 1.67. The van der Waals surface area contributed by atoms with Gasteiger partial charge in [-0.25, -0.2) is 4.39 Å². The molecule has 0 aromatic rings. The van der Waals surface area contributed by atoms with E-state index in [9.17, 15) is 9.18 Å². The van der Waals surface area contributed by atoms with Crippen molar-refractivity contribution >= 4 is 5.91 Å². The molecule has 0 aliphatic heterocycles. The molecular formula is C7H14FNO. The number of hydrogen-bond donors (Lipinski definition) is 0. The second-order valence-corrected chi connectivity index (χ2v) is 2.51. The molecule has 0 aliphatic carbocycles. The van der Waals surface area contributed by atoms with Crippen LogP contribution >= 0.6 is 0 Å². The summed E-state index contributed by atoms with van der Waals surface area (Å²) >= 11 is 0. The summed E-state index contributed by atoms with van der Waals surface area (Å²) in [6.45, 7) is 3.48. The number of hydrogen-bond acceptors (Lipinski definition) is 1. The third-order valence-corrected chi connectivity index (χ3v) is 1.40. The monoisotopic (exact) mass is 147 g/mol. The van der Waals surface area contributed by atoms with Gasteiger partial charge >= 0.3 is 0 Å². The van der Waals surface area contributed by atoms with Gasteiger partial charge in [-0.3, -0.25) is 4.79 Å². The summed E-state index contributed by atoms with van der Waals surface area (Å²) in [5, 5.41) is 0. The minimum atomic E-state index is -0.818. The second kappa shape index (κ2) is 4.25. The molecule has 0 fully saturated rings. The first-order valence-corrected chi connectivity index (χ1v) is 3.39. The van der Waals surface area contributed by atoms with Crippen molar-refractivity contribution in [2.45, 2.75) is 26.4 Å². The van der Waals surface area contributed by atoms with E-state index >= 15 is 0 Å². The van der Waals surface area contributed by atoms with Crippen LogP contribution in [0.4, 0.5) is 4.39 Å². The SMILES string of the molecule is CC(=O)N(C)CCC(C)F. The predicted molar refractivity (Wildman–Crippen MR) is 38.5 cm³/mol. The van der Waals surface area contributed by atoms with Crippen LogP contribution in [-0.2, 0) is 4.79 Å². The van der Waals surface area contributed by atoms with Gasteiger partial charge in [-0.15, -0.1) is 0 Å². The van der Waals surface area contributed by atoms with E-state index in [-0.39, 0.29) is 5.91 Å². The molecule has 3 heteroatoms. The van der Waals surface area contributed by atoms with E-state index in [2.05, 4.69) is 0 Å². The fourth-order valence-electron chi connectivity index (χ4n) is 0.529. The first-order valence-electron chi connectivity index (χ1n) is 3.39. The number of nitrogens with zero attached hydrogens (tertiary/aromatic N) is 1. The number of carbonyl (C=O) groups excluding carboxylic acids is 1. The molecule has 0 heterocycles. The van der Waals surface area contributed by atoms with Crippen LogP contribution < -0.4 is 0 Å². The van der Waals surface area contributed by atoms with Gasteiger partial charge in [0.1, 0.15) is 0 Å². The zero-order valence-electron chi connectivity index (χ0n) is 6.72. The number of amides is 1. The Balaban J connectivity index is 3.40. The van der Waals surface area contributed by atoms with Gasteiger partial charge in [-0.05, 0) is 13.3 Å². The fraction of sp³-hybridized carbons (Fsp3) is 0.857. The molecule has 0 spiro atoms. The molecule has 0 bridgehead atoms. The Morgan fingerprint density at radius 2 is 2.20 bits per heavy atom. The van der Waals surface area contributed by atoms with E-state index < -0.39 is 6.17 Å². The molecule has 0 radical (unpaired) electrons. The van der Waals surface area contributed by atoms with E-state index in [4.69, 9.17) is 0 Å². The Labute approximate surface area is 61.0 Å². The Hall–Kier alpha value is -0.600. The van der Waals surface area contributed by atoms with Crippen LogP contribution in [0.15, 0.2) is 0 Å². The highest BCUT2D eigenvalue weighted by molar-refractivity contribution is 5.72. The first kappa shape index (κ1) is 9.40. The molecule has 0 N–H and O–H groups in total. The molecule has 0 rings (SSSR count). The van der Waals surface area contributed by atoms with Crippen LogP contribution in [0.3, 0.4) is 0 Å². The maximum Gasteiger partial charge on any atom is 0.219 e. The fourth-order valence-corrected chi connectivity index (χ4v) is 0.529. The quantitative estimate of drug-likeness (QED) is 0.587. The van der Waals surface area contributed by atoms with Crippen molar-refractivity contribution < 1.29 is 9.18 Å². The largest absolute Gasteiger partial charge is 0.346 e. The van der Waals surface area contributed by atoms with Crippen LogP contribution in [-0.4, -0.2) is 30.6 Å². The summed E-state index contributed by atoms with van der Waals surface area (Å²) < 4.78 is 12.2. The minimum absolute atomic E-state index is 0.0133. The average Bonchev–Trinajstić information content (AvgIpc) is 1.82. The molecule has 0 saturated carbocycles. The Morgan fingerprint density at radius 1 is 1.70 bits per heavy atom. The average molecular weight is 147 g/mol. The molecule has 0 aromatic heterocycles. The van der Waals surface area contributed by atoms with Gasteiger partial charge in [0.05, 0.1) is 6.17 Å². The van der Waals surface area contributed by atoms with Crippen LogP contribution in [0.25, 0.3) is 0 Å². The van der Waals surface area contributed by atoms with Crippen molar-refractivity contribution in [1.82, 2.24) is 4.90 Å². The molecular weight excluding hydrogens is 133 g/mol. The normalized spacial score (nSPS) is 12.8. The standard InChI is InChI=1S/C7H14FNO/c1-6(8)4-5-9(3)7(2)10/h6H,4-5H2,1-3H3. The van der Waals surface area contributed by atoms with Crippen LogP contribution in [0.2, 0.25) is 0 Å². The molecule has 1 atom stereocenters. The predicted octanol–water partition coefficient (Wildman–Crippen LogP) is 1.21. The van der Waals surface area contributed by atoms with E-state index in [0.717, 1.165) is 0 Å². The molecule has 60 valence electrons. The lowest BCUT2D eigenvalue weighted by Crippen LogP contribution is -2.26. The maximum absolute atomic E-state index is 12.2. The highest BCUT2D eigenvalue weighted by atomic mass is 19.1. The summed E-state index contributed by atoms with van der Waals surface area (Å²) in [5.74, 6) is -0.0133. The third-order valence-electron chi connectivity index (χ3n) is 1.40. The van der Waals surface area contributed by atoms with E-state index in [1.165, 1.54) is 18.7 Å². The Bertz CT molecular complexity index is 114. The van der Waals surface area contributed by atoms with Crippen molar-refractivity contribution in [2.75, 3.05) is 13.6 Å². The minimum Gasteiger partial charge on any atom is -0.346 e. The first-order chi connectivity index (χ1) is 4.54. The summed E-state index contributed by atoms with van der Waals surface area (Å²) in [4.78, 5) is 12.1. The molecule has 0 aliphatic rings. The van der Waals surface area contributed by atoms with Crippen LogP contribution in [0.5, 0.6) is 0 Å². The molecule has 10 heavy (non-hydrogen) atoms. The van der Waals surface area contributed by atoms with Gasteiger partial charge in [-0.2, -0.15) is 0 Å². The van der Waals surface area contributed by atoms with Gasteiger partial charge < -0.3 is 4.90 Å². The van der Waals surface area contributed by atoms with Gasteiger partial charge in [0.25, 0.3) is 0 Å². The number of carbonyl (C=O) groups is 1. The summed E-state index contributed by atoms with van der Waals surface area (Å²) in [5.41, 5.74) is 0. The third kappa shape index (κ3) is 4.30. The maximum atomic E-state index is 12.2. The summed E-state index contributed by atoms with van der Waals surface area (Å²) in [6.07, 6.45) is -0.391. The van der Waals surface area contributed by atoms with Crippen molar-refractivity contribution in [3.8, 4) is 0 Å². The van der Waals surface area contributed by atoms with Crippen LogP contribution in [0, 0.1) is 0 Å². The van der Waals surface area contributed by atoms with Crippen molar-refractivity contribution in [3.05, 3.63) is 0 Å². The van der Waals surface area contributed by atoms with E-state index in [1.54, 1.807) is 7.05 Å². The highest BCUT2D eigenvalue weighted by Crippen LogP contribution is 1.97. The van der Waals surface area contributed by atoms with Crippen LogP contribution in [0.1, 0.15) is 20.3 Å². The van der Waals surface area contributed by atoms with Crippen molar-refractivity contribution in [2.24, 2.45) is 0 Å². The molecule has 1 unspecified atom stereocenters. The second-order valence-electron chi connectivity index (χ2n) is 2.51. The topological polar surface area (TPSA) is 20.3 Å². The van der Waals surface area contributed by atoms with Gasteiger partial charge in [0.2, 0.25) is 5.91 Å². The lowest BCUT2D eigenvalue weighted by atomic mass is 10.3. The Kier molecular flexibility index (Phi) is 4.00. The lowest BCUT2D eigenvalue weighted by Gasteiger charge is -2.14. The van der Waals surface area contributed by atoms with Crippen molar-refractivity contribution in [1.29, 1.82) is 0 Å². The van der Waals surface area contributed by atoms with Gasteiger partial charge in [0.15, 0.2) is 0 Å². The number of halogens is 1. The van der Waals surface area contributed by atoms with Crippen molar-refractivity contribution in [3.63, 3.8) is 0 Å². The molecule has 2 nitrogen and oxygen atoms in total. The zero-order valence-corrected chi connectivity index (χ0v) is 6.72. The van der Waals surface area contributed by atoms with Gasteiger partial charge in [-0.1, -0.05) is 0 Å². The molecule has 0 saturated heterocycles. The number of rotatable bonds is 3. The Morgan fingerprint density at radius 3 is 2.50 bits per heavy atom. The van der Waals surface area contributed by atoms with E-state index in [0.29, 0.717) is 13.0 Å². The zero-order chi connectivity index (χ0) is 8.15. The summed E-state index contributed by atoms with van der Waals surface area (Å²) in [6, 6.07) is 0.